The van der Waals surface area contributed by atoms with E-state index < -0.39 is 0 Å². The van der Waals surface area contributed by atoms with Crippen LogP contribution in [0.2, 0.25) is 0 Å². The molecule has 2 heterocycles. The van der Waals surface area contributed by atoms with E-state index in [1.165, 1.54) is 24.2 Å². The summed E-state index contributed by atoms with van der Waals surface area (Å²) in [6.07, 6.45) is 5.25. The summed E-state index contributed by atoms with van der Waals surface area (Å²) in [5, 5.41) is 3.02. The first-order chi connectivity index (χ1) is 9.15. The highest BCUT2D eigenvalue weighted by molar-refractivity contribution is 7.21. The summed E-state index contributed by atoms with van der Waals surface area (Å²) in [6.45, 7) is 2.93. The second kappa shape index (κ2) is 4.49. The highest BCUT2D eigenvalue weighted by Crippen LogP contribution is 2.48. The second-order valence-corrected chi connectivity index (χ2v) is 6.28. The molecule has 19 heavy (non-hydrogen) atoms. The first-order valence-corrected chi connectivity index (χ1v) is 7.38. The van der Waals surface area contributed by atoms with Crippen molar-refractivity contribution in [3.63, 3.8) is 0 Å². The number of hydrogen-bond acceptors (Lipinski definition) is 4. The van der Waals surface area contributed by atoms with E-state index >= 15 is 0 Å². The minimum Gasteiger partial charge on any atom is -0.396 e. The SMILES string of the molecule is CCC1(CNC(=O)c2sc3cccnc3c2N)CC1. The third-order valence-electron chi connectivity index (χ3n) is 4.02. The maximum atomic E-state index is 12.2. The van der Waals surface area contributed by atoms with Gasteiger partial charge in [0, 0.05) is 12.7 Å². The van der Waals surface area contributed by atoms with Crippen molar-refractivity contribution in [2.75, 3.05) is 12.3 Å². The molecule has 3 rings (SSSR count). The lowest BCUT2D eigenvalue weighted by atomic mass is 10.0. The summed E-state index contributed by atoms with van der Waals surface area (Å²) in [5.41, 5.74) is 7.59. The number of pyridine rings is 1. The van der Waals surface area contributed by atoms with E-state index in [1.54, 1.807) is 6.20 Å². The fourth-order valence-corrected chi connectivity index (χ4v) is 3.29. The summed E-state index contributed by atoms with van der Waals surface area (Å²) >= 11 is 1.41. The molecule has 1 aliphatic rings. The molecular formula is C14H17N3OS. The minimum absolute atomic E-state index is 0.0692. The van der Waals surface area contributed by atoms with Crippen LogP contribution in [-0.2, 0) is 0 Å². The highest BCUT2D eigenvalue weighted by atomic mass is 32.1. The van der Waals surface area contributed by atoms with Crippen LogP contribution in [0.3, 0.4) is 0 Å². The molecule has 0 aromatic carbocycles. The van der Waals surface area contributed by atoms with Crippen molar-refractivity contribution in [1.82, 2.24) is 10.3 Å². The largest absolute Gasteiger partial charge is 0.396 e. The molecule has 1 fully saturated rings. The molecule has 4 nitrogen and oxygen atoms in total. The number of aromatic nitrogens is 1. The molecule has 0 spiro atoms. The van der Waals surface area contributed by atoms with E-state index in [0.717, 1.165) is 23.2 Å². The maximum Gasteiger partial charge on any atom is 0.263 e. The van der Waals surface area contributed by atoms with Gasteiger partial charge in [-0.2, -0.15) is 0 Å². The molecule has 5 heteroatoms. The number of thiophene rings is 1. The molecule has 2 aromatic heterocycles. The molecule has 0 unspecified atom stereocenters. The minimum atomic E-state index is -0.0692. The summed E-state index contributed by atoms with van der Waals surface area (Å²) < 4.78 is 0.960. The Hall–Kier alpha value is -1.62. The normalized spacial score (nSPS) is 16.5. The average molecular weight is 275 g/mol. The number of amides is 1. The zero-order valence-electron chi connectivity index (χ0n) is 10.9. The molecule has 100 valence electrons. The first-order valence-electron chi connectivity index (χ1n) is 6.56. The highest BCUT2D eigenvalue weighted by Gasteiger charge is 2.40. The Morgan fingerprint density at radius 2 is 2.37 bits per heavy atom. The predicted octanol–water partition coefficient (Wildman–Crippen LogP) is 2.80. The van der Waals surface area contributed by atoms with E-state index in [0.29, 0.717) is 16.0 Å². The van der Waals surface area contributed by atoms with Crippen molar-refractivity contribution < 1.29 is 4.79 Å². The van der Waals surface area contributed by atoms with Crippen molar-refractivity contribution >= 4 is 33.1 Å². The predicted molar refractivity (Wildman–Crippen MR) is 78.3 cm³/mol. The van der Waals surface area contributed by atoms with Crippen LogP contribution in [0, 0.1) is 5.41 Å². The molecule has 0 aliphatic heterocycles. The summed E-state index contributed by atoms with van der Waals surface area (Å²) in [7, 11) is 0. The smallest absolute Gasteiger partial charge is 0.263 e. The molecule has 1 amide bonds. The van der Waals surface area contributed by atoms with Crippen molar-refractivity contribution in [3.8, 4) is 0 Å². The van der Waals surface area contributed by atoms with Crippen LogP contribution in [0.1, 0.15) is 35.9 Å². The van der Waals surface area contributed by atoms with Gasteiger partial charge in [-0.05, 0) is 36.8 Å². The standard InChI is InChI=1S/C14H17N3OS/c1-2-14(5-6-14)8-17-13(18)12-10(15)11-9(19-12)4-3-7-16-11/h3-4,7H,2,5-6,8,15H2,1H3,(H,17,18). The van der Waals surface area contributed by atoms with Crippen molar-refractivity contribution in [1.29, 1.82) is 0 Å². The fraction of sp³-hybridized carbons (Fsp3) is 0.429. The topological polar surface area (TPSA) is 68.0 Å². The van der Waals surface area contributed by atoms with Crippen LogP contribution in [0.5, 0.6) is 0 Å². The van der Waals surface area contributed by atoms with Crippen LogP contribution in [0.25, 0.3) is 10.2 Å². The molecular weight excluding hydrogens is 258 g/mol. The molecule has 1 aliphatic carbocycles. The van der Waals surface area contributed by atoms with Gasteiger partial charge in [0.2, 0.25) is 0 Å². The van der Waals surface area contributed by atoms with Crippen LogP contribution in [0.4, 0.5) is 5.69 Å². The summed E-state index contributed by atoms with van der Waals surface area (Å²) in [5.74, 6) is -0.0692. The Morgan fingerprint density at radius 3 is 3.00 bits per heavy atom. The van der Waals surface area contributed by atoms with Crippen LogP contribution in [0.15, 0.2) is 18.3 Å². The van der Waals surface area contributed by atoms with Crippen molar-refractivity contribution in [3.05, 3.63) is 23.2 Å². The molecule has 3 N–H and O–H groups in total. The Morgan fingerprint density at radius 1 is 1.58 bits per heavy atom. The van der Waals surface area contributed by atoms with Gasteiger partial charge in [0.05, 0.1) is 10.4 Å². The van der Waals surface area contributed by atoms with Crippen LogP contribution >= 0.6 is 11.3 Å². The average Bonchev–Trinajstić information content (AvgIpc) is 3.15. The van der Waals surface area contributed by atoms with Crippen molar-refractivity contribution in [2.24, 2.45) is 5.41 Å². The number of nitrogens with zero attached hydrogens (tertiary/aromatic N) is 1. The van der Waals surface area contributed by atoms with Gasteiger partial charge < -0.3 is 11.1 Å². The third-order valence-corrected chi connectivity index (χ3v) is 5.18. The van der Waals surface area contributed by atoms with E-state index in [9.17, 15) is 4.79 Å². The molecule has 0 atom stereocenters. The number of carbonyl (C=O) groups excluding carboxylic acids is 1. The lowest BCUT2D eigenvalue weighted by Gasteiger charge is -2.12. The number of rotatable bonds is 4. The zero-order valence-corrected chi connectivity index (χ0v) is 11.7. The Kier molecular flexibility index (Phi) is 2.93. The lowest BCUT2D eigenvalue weighted by Crippen LogP contribution is -2.29. The van der Waals surface area contributed by atoms with Gasteiger partial charge in [-0.3, -0.25) is 9.78 Å². The maximum absolute atomic E-state index is 12.2. The number of fused-ring (bicyclic) bond motifs is 1. The quantitative estimate of drug-likeness (QED) is 0.901. The van der Waals surface area contributed by atoms with Gasteiger partial charge in [-0.15, -0.1) is 11.3 Å². The van der Waals surface area contributed by atoms with Crippen LogP contribution in [-0.4, -0.2) is 17.4 Å². The number of anilines is 1. The Balaban J connectivity index is 1.80. The van der Waals surface area contributed by atoms with E-state index in [-0.39, 0.29) is 5.91 Å². The lowest BCUT2D eigenvalue weighted by molar-refractivity contribution is 0.0949. The number of hydrogen-bond donors (Lipinski definition) is 2. The van der Waals surface area contributed by atoms with Crippen molar-refractivity contribution in [2.45, 2.75) is 26.2 Å². The zero-order chi connectivity index (χ0) is 13.5. The van der Waals surface area contributed by atoms with Gasteiger partial charge in [0.25, 0.3) is 5.91 Å². The van der Waals surface area contributed by atoms with Crippen LogP contribution < -0.4 is 11.1 Å². The molecule has 0 bridgehead atoms. The molecule has 1 saturated carbocycles. The van der Waals surface area contributed by atoms with Gasteiger partial charge in [0.1, 0.15) is 10.4 Å². The number of carbonyl (C=O) groups is 1. The number of nitrogens with two attached hydrogens (primary N) is 1. The Labute approximate surface area is 116 Å². The number of nitrogen functional groups attached to an aromatic ring is 1. The van der Waals surface area contributed by atoms with E-state index in [4.69, 9.17) is 5.73 Å². The third kappa shape index (κ3) is 2.18. The summed E-state index contributed by atoms with van der Waals surface area (Å²) in [4.78, 5) is 17.0. The fourth-order valence-electron chi connectivity index (χ4n) is 2.30. The van der Waals surface area contributed by atoms with Gasteiger partial charge in [-0.25, -0.2) is 0 Å². The molecule has 2 aromatic rings. The van der Waals surface area contributed by atoms with Gasteiger partial charge >= 0.3 is 0 Å². The second-order valence-electron chi connectivity index (χ2n) is 5.23. The first kappa shape index (κ1) is 12.4. The van der Waals surface area contributed by atoms with Gasteiger partial charge in [0.15, 0.2) is 0 Å². The molecule has 0 saturated heterocycles. The van der Waals surface area contributed by atoms with Gasteiger partial charge in [-0.1, -0.05) is 6.92 Å². The number of nitrogens with one attached hydrogen (secondary N) is 1. The molecule has 0 radical (unpaired) electrons. The van der Waals surface area contributed by atoms with E-state index in [1.807, 2.05) is 12.1 Å². The summed E-state index contributed by atoms with van der Waals surface area (Å²) in [6, 6.07) is 3.80. The Bertz CT molecular complexity index is 631. The monoisotopic (exact) mass is 275 g/mol. The van der Waals surface area contributed by atoms with E-state index in [2.05, 4.69) is 17.2 Å².